The van der Waals surface area contributed by atoms with E-state index in [2.05, 4.69) is 36.4 Å². The second-order valence-electron chi connectivity index (χ2n) is 6.73. The third-order valence-corrected chi connectivity index (χ3v) is 4.99. The van der Waals surface area contributed by atoms with Crippen LogP contribution >= 0.6 is 0 Å². The molecular weight excluding hydrogens is 260 g/mol. The van der Waals surface area contributed by atoms with Crippen molar-refractivity contribution >= 4 is 11.6 Å². The van der Waals surface area contributed by atoms with Crippen LogP contribution in [0.1, 0.15) is 57.3 Å². The smallest absolute Gasteiger partial charge is 0.134 e. The summed E-state index contributed by atoms with van der Waals surface area (Å²) in [6, 6.07) is 0. The van der Waals surface area contributed by atoms with Gasteiger partial charge >= 0.3 is 0 Å². The molecule has 1 aromatic rings. The van der Waals surface area contributed by atoms with Crippen molar-refractivity contribution in [3.63, 3.8) is 0 Å². The molecule has 2 aliphatic rings. The largest absolute Gasteiger partial charge is 0.370 e. The van der Waals surface area contributed by atoms with Gasteiger partial charge in [-0.05, 0) is 50.4 Å². The summed E-state index contributed by atoms with van der Waals surface area (Å²) in [7, 11) is 0. The molecular formula is C17H28N4. The van der Waals surface area contributed by atoms with Gasteiger partial charge in [0.25, 0.3) is 0 Å². The number of hydrogen-bond donors (Lipinski definition) is 2. The molecule has 1 aromatic heterocycles. The minimum Gasteiger partial charge on any atom is -0.370 e. The monoisotopic (exact) mass is 288 g/mol. The van der Waals surface area contributed by atoms with E-state index in [9.17, 15) is 0 Å². The molecule has 0 bridgehead atoms. The normalized spacial score (nSPS) is 19.4. The van der Waals surface area contributed by atoms with Crippen molar-refractivity contribution < 1.29 is 0 Å². The van der Waals surface area contributed by atoms with Gasteiger partial charge in [-0.1, -0.05) is 13.8 Å². The molecule has 0 aromatic carbocycles. The third kappa shape index (κ3) is 3.14. The third-order valence-electron chi connectivity index (χ3n) is 4.99. The van der Waals surface area contributed by atoms with Gasteiger partial charge in [-0.2, -0.15) is 0 Å². The van der Waals surface area contributed by atoms with Crippen molar-refractivity contribution in [3.05, 3.63) is 11.4 Å². The van der Waals surface area contributed by atoms with Gasteiger partial charge in [-0.15, -0.1) is 0 Å². The summed E-state index contributed by atoms with van der Waals surface area (Å²) in [5.41, 5.74) is 1.76. The van der Waals surface area contributed by atoms with E-state index in [0.29, 0.717) is 5.41 Å². The minimum atomic E-state index is 0.598. The highest BCUT2D eigenvalue weighted by atomic mass is 15.1. The zero-order valence-electron chi connectivity index (χ0n) is 13.6. The molecule has 3 rings (SSSR count). The molecule has 2 aliphatic carbocycles. The van der Waals surface area contributed by atoms with Crippen molar-refractivity contribution in [1.82, 2.24) is 9.97 Å². The first-order valence-electron chi connectivity index (χ1n) is 8.54. The van der Waals surface area contributed by atoms with Crippen LogP contribution in [0.15, 0.2) is 0 Å². The van der Waals surface area contributed by atoms with Crippen molar-refractivity contribution in [1.29, 1.82) is 0 Å². The molecule has 2 saturated carbocycles. The lowest BCUT2D eigenvalue weighted by Crippen LogP contribution is -2.20. The van der Waals surface area contributed by atoms with Crippen LogP contribution in [0.4, 0.5) is 11.6 Å². The second kappa shape index (κ2) is 5.82. The second-order valence-corrected chi connectivity index (χ2v) is 6.73. The zero-order chi connectivity index (χ0) is 14.9. The van der Waals surface area contributed by atoms with Crippen molar-refractivity contribution in [2.45, 2.75) is 59.3 Å². The van der Waals surface area contributed by atoms with E-state index in [0.717, 1.165) is 54.9 Å². The maximum Gasteiger partial charge on any atom is 0.134 e. The van der Waals surface area contributed by atoms with Crippen LogP contribution < -0.4 is 10.6 Å². The van der Waals surface area contributed by atoms with Gasteiger partial charge in [0.05, 0.1) is 0 Å². The molecule has 0 atom stereocenters. The fraction of sp³-hybridized carbons (Fsp3) is 0.765. The van der Waals surface area contributed by atoms with Gasteiger partial charge in [-0.25, -0.2) is 9.97 Å². The molecule has 4 nitrogen and oxygen atoms in total. The lowest BCUT2D eigenvalue weighted by atomic mass is 10.0. The quantitative estimate of drug-likeness (QED) is 0.764. The molecule has 1 heterocycles. The number of anilines is 2. The lowest BCUT2D eigenvalue weighted by molar-refractivity contribution is 0.466. The van der Waals surface area contributed by atoms with Crippen LogP contribution in [0, 0.1) is 18.3 Å². The van der Waals surface area contributed by atoms with Crippen LogP contribution in [-0.2, 0) is 6.42 Å². The molecule has 116 valence electrons. The summed E-state index contributed by atoms with van der Waals surface area (Å²) in [5, 5.41) is 7.07. The molecule has 0 amide bonds. The molecule has 0 unspecified atom stereocenters. The van der Waals surface area contributed by atoms with Gasteiger partial charge in [-0.3, -0.25) is 0 Å². The number of aromatic nitrogens is 2. The zero-order valence-corrected chi connectivity index (χ0v) is 13.6. The summed E-state index contributed by atoms with van der Waals surface area (Å²) in [4.78, 5) is 9.34. The summed E-state index contributed by atoms with van der Waals surface area (Å²) >= 11 is 0. The van der Waals surface area contributed by atoms with Crippen LogP contribution in [-0.4, -0.2) is 23.1 Å². The van der Waals surface area contributed by atoms with E-state index in [-0.39, 0.29) is 0 Å². The molecule has 21 heavy (non-hydrogen) atoms. The molecule has 2 fully saturated rings. The summed E-state index contributed by atoms with van der Waals surface area (Å²) in [6.07, 6.45) is 7.66. The van der Waals surface area contributed by atoms with E-state index >= 15 is 0 Å². The maximum absolute atomic E-state index is 4.71. The standard InChI is InChI=1S/C17H28N4/c1-4-10-18-15-12(3)16(21-14(5-2)20-15)19-11-17(8-9-17)13-6-7-13/h13H,4-11H2,1-3H3,(H2,18,19,20,21). The first kappa shape index (κ1) is 14.6. The Hall–Kier alpha value is -1.32. The average molecular weight is 288 g/mol. The van der Waals surface area contributed by atoms with Crippen molar-refractivity contribution in [3.8, 4) is 0 Å². The van der Waals surface area contributed by atoms with Crippen molar-refractivity contribution in [2.24, 2.45) is 11.3 Å². The van der Waals surface area contributed by atoms with E-state index in [1.54, 1.807) is 0 Å². The Morgan fingerprint density at radius 2 is 1.76 bits per heavy atom. The highest BCUT2D eigenvalue weighted by molar-refractivity contribution is 5.57. The number of hydrogen-bond acceptors (Lipinski definition) is 4. The minimum absolute atomic E-state index is 0.598. The maximum atomic E-state index is 4.71. The molecule has 0 spiro atoms. The van der Waals surface area contributed by atoms with Gasteiger partial charge in [0.2, 0.25) is 0 Å². The van der Waals surface area contributed by atoms with Crippen LogP contribution in [0.2, 0.25) is 0 Å². The topological polar surface area (TPSA) is 49.8 Å². The molecule has 4 heteroatoms. The Morgan fingerprint density at radius 1 is 1.10 bits per heavy atom. The SMILES string of the molecule is CCCNc1nc(CC)nc(NCC2(C3CC3)CC2)c1C. The number of nitrogens with zero attached hydrogens (tertiary/aromatic N) is 2. The molecule has 0 radical (unpaired) electrons. The fourth-order valence-corrected chi connectivity index (χ4v) is 3.15. The van der Waals surface area contributed by atoms with Crippen LogP contribution in [0.25, 0.3) is 0 Å². The Labute approximate surface area is 128 Å². The number of aryl methyl sites for hydroxylation is 1. The Bertz CT molecular complexity index is 504. The van der Waals surface area contributed by atoms with Gasteiger partial charge in [0, 0.05) is 25.1 Å². The molecule has 2 N–H and O–H groups in total. The van der Waals surface area contributed by atoms with E-state index < -0.39 is 0 Å². The number of nitrogens with one attached hydrogen (secondary N) is 2. The van der Waals surface area contributed by atoms with Gasteiger partial charge in [0.1, 0.15) is 17.5 Å². The summed E-state index contributed by atoms with van der Waals surface area (Å²) < 4.78 is 0. The lowest BCUT2D eigenvalue weighted by Gasteiger charge is -2.18. The van der Waals surface area contributed by atoms with Crippen LogP contribution in [0.5, 0.6) is 0 Å². The first-order valence-corrected chi connectivity index (χ1v) is 8.54. The Balaban J connectivity index is 1.73. The Morgan fingerprint density at radius 3 is 2.29 bits per heavy atom. The number of rotatable bonds is 8. The predicted octanol–water partition coefficient (Wildman–Crippen LogP) is 3.77. The molecule has 0 aliphatic heterocycles. The van der Waals surface area contributed by atoms with Gasteiger partial charge in [0.15, 0.2) is 0 Å². The highest BCUT2D eigenvalue weighted by Gasteiger charge is 2.53. The first-order chi connectivity index (χ1) is 10.2. The summed E-state index contributed by atoms with van der Waals surface area (Å²) in [6.45, 7) is 8.47. The predicted molar refractivity (Wildman–Crippen MR) is 87.8 cm³/mol. The fourth-order valence-electron chi connectivity index (χ4n) is 3.15. The average Bonchev–Trinajstić information content (AvgIpc) is 3.37. The summed E-state index contributed by atoms with van der Waals surface area (Å²) in [5.74, 6) is 3.95. The van der Waals surface area contributed by atoms with E-state index in [1.807, 2.05) is 0 Å². The van der Waals surface area contributed by atoms with Gasteiger partial charge < -0.3 is 10.6 Å². The van der Waals surface area contributed by atoms with E-state index in [1.165, 1.54) is 25.7 Å². The van der Waals surface area contributed by atoms with Crippen molar-refractivity contribution in [2.75, 3.05) is 23.7 Å². The van der Waals surface area contributed by atoms with E-state index in [4.69, 9.17) is 4.98 Å². The van der Waals surface area contributed by atoms with Crippen LogP contribution in [0.3, 0.4) is 0 Å². The molecule has 0 saturated heterocycles. The Kier molecular flexibility index (Phi) is 4.05. The highest BCUT2D eigenvalue weighted by Crippen LogP contribution is 2.61.